The summed E-state index contributed by atoms with van der Waals surface area (Å²) in [5.74, 6) is -0.385. The molecule has 3 aromatic carbocycles. The minimum atomic E-state index is -4.47. The lowest BCUT2D eigenvalue weighted by Crippen LogP contribution is -2.71. The minimum absolute atomic E-state index is 0.378. The molecule has 1 aromatic heterocycles. The quantitative estimate of drug-likeness (QED) is 0.226. The molecule has 1 amide bonds. The summed E-state index contributed by atoms with van der Waals surface area (Å²) in [4.78, 5) is 26.3. The fraction of sp³-hybridized carbons (Fsp3) is 0.382. The molecule has 6 rings (SSSR count). The molecule has 236 valence electrons. The third-order valence-corrected chi connectivity index (χ3v) is 8.85. The van der Waals surface area contributed by atoms with Crippen LogP contribution in [0.2, 0.25) is 0 Å². The first-order valence-electron chi connectivity index (χ1n) is 15.1. The number of hydrogen-bond donors (Lipinski definition) is 1. The van der Waals surface area contributed by atoms with Crippen LogP contribution in [0.4, 0.5) is 13.2 Å². The second-order valence-electron chi connectivity index (χ2n) is 12.0. The molecule has 4 aromatic rings. The number of methoxy groups -OCH3 is 1. The Bertz CT molecular complexity index is 1660. The van der Waals surface area contributed by atoms with Gasteiger partial charge in [-0.25, -0.2) is 9.97 Å². The molecule has 8 nitrogen and oxygen atoms in total. The highest BCUT2D eigenvalue weighted by molar-refractivity contribution is 5.94. The van der Waals surface area contributed by atoms with E-state index in [9.17, 15) is 18.0 Å². The van der Waals surface area contributed by atoms with Gasteiger partial charge in [0.05, 0.1) is 36.4 Å². The maximum atomic E-state index is 13.0. The lowest BCUT2D eigenvalue weighted by molar-refractivity contribution is -0.137. The second-order valence-corrected chi connectivity index (χ2v) is 12.0. The average Bonchev–Trinajstić information content (AvgIpc) is 2.98. The van der Waals surface area contributed by atoms with E-state index >= 15 is 0 Å². The molecule has 2 aliphatic rings. The maximum Gasteiger partial charge on any atom is 0.416 e. The molecular weight excluding hydrogens is 583 g/mol. The summed E-state index contributed by atoms with van der Waals surface area (Å²) in [5, 5.41) is 0.760. The van der Waals surface area contributed by atoms with Crippen LogP contribution in [-0.4, -0.2) is 78.7 Å². The van der Waals surface area contributed by atoms with Crippen molar-refractivity contribution in [2.75, 3.05) is 53.0 Å². The van der Waals surface area contributed by atoms with Crippen LogP contribution < -0.4 is 15.2 Å². The fourth-order valence-corrected chi connectivity index (χ4v) is 6.64. The fourth-order valence-electron chi connectivity index (χ4n) is 6.64. The molecule has 2 aliphatic heterocycles. The summed E-state index contributed by atoms with van der Waals surface area (Å²) < 4.78 is 50.9. The Morgan fingerprint density at radius 3 is 2.20 bits per heavy atom. The zero-order valence-electron chi connectivity index (χ0n) is 25.3. The van der Waals surface area contributed by atoms with E-state index in [4.69, 9.17) is 15.2 Å². The van der Waals surface area contributed by atoms with Crippen molar-refractivity contribution in [2.24, 2.45) is 11.1 Å². The van der Waals surface area contributed by atoms with Crippen LogP contribution in [0.1, 0.15) is 36.0 Å². The van der Waals surface area contributed by atoms with Gasteiger partial charge in [-0.1, -0.05) is 43.3 Å². The zero-order valence-corrected chi connectivity index (χ0v) is 25.3. The summed E-state index contributed by atoms with van der Waals surface area (Å²) >= 11 is 0. The SMILES string of the molecule is CCN1CC2(C1)CN(CCCOc1cc3ncnc(-c4ccc(C(C(N)=O)c5ccc(C(F)(F)F)cc5)cc4)c3cc1OC)C2. The molecule has 2 fully saturated rings. The van der Waals surface area contributed by atoms with E-state index in [1.165, 1.54) is 44.6 Å². The Morgan fingerprint density at radius 1 is 0.956 bits per heavy atom. The van der Waals surface area contributed by atoms with E-state index in [1.807, 2.05) is 12.1 Å². The maximum absolute atomic E-state index is 13.0. The van der Waals surface area contributed by atoms with Gasteiger partial charge in [-0.15, -0.1) is 0 Å². The van der Waals surface area contributed by atoms with Crippen LogP contribution in [0, 0.1) is 5.41 Å². The Hall–Kier alpha value is -4.22. The van der Waals surface area contributed by atoms with Crippen molar-refractivity contribution in [2.45, 2.75) is 25.4 Å². The number of nitrogens with two attached hydrogens (primary N) is 1. The van der Waals surface area contributed by atoms with Gasteiger partial charge in [-0.05, 0) is 42.3 Å². The number of primary amides is 1. The van der Waals surface area contributed by atoms with Gasteiger partial charge in [0.15, 0.2) is 11.5 Å². The van der Waals surface area contributed by atoms with Crippen molar-refractivity contribution in [1.82, 2.24) is 19.8 Å². The lowest BCUT2D eigenvalue weighted by atomic mass is 9.73. The molecule has 11 heteroatoms. The Kier molecular flexibility index (Phi) is 8.41. The van der Waals surface area contributed by atoms with Crippen molar-refractivity contribution in [1.29, 1.82) is 0 Å². The molecule has 1 unspecified atom stereocenters. The number of carbonyl (C=O) groups excluding carboxylic acids is 1. The number of aromatic nitrogens is 2. The monoisotopic (exact) mass is 619 g/mol. The van der Waals surface area contributed by atoms with Gasteiger partial charge in [-0.3, -0.25) is 4.79 Å². The first kappa shape index (κ1) is 30.8. The topological polar surface area (TPSA) is 93.8 Å². The summed E-state index contributed by atoms with van der Waals surface area (Å²) in [7, 11) is 1.59. The lowest BCUT2D eigenvalue weighted by Gasteiger charge is -2.60. The van der Waals surface area contributed by atoms with Crippen molar-refractivity contribution >= 4 is 16.8 Å². The van der Waals surface area contributed by atoms with Crippen LogP contribution in [0.3, 0.4) is 0 Å². The van der Waals surface area contributed by atoms with E-state index in [2.05, 4.69) is 26.7 Å². The molecule has 0 saturated carbocycles. The molecule has 1 atom stereocenters. The number of alkyl halides is 3. The van der Waals surface area contributed by atoms with Gasteiger partial charge in [0.1, 0.15) is 6.33 Å². The summed E-state index contributed by atoms with van der Waals surface area (Å²) in [6, 6.07) is 15.3. The molecule has 0 aliphatic carbocycles. The molecule has 2 saturated heterocycles. The summed E-state index contributed by atoms with van der Waals surface area (Å²) in [6.45, 7) is 9.68. The number of benzene rings is 3. The predicted octanol–water partition coefficient (Wildman–Crippen LogP) is 5.35. The standard InChI is InChI=1S/C34H36F3N5O3/c1-3-41-17-33(18-41)19-42(20-33)13-4-14-45-29-16-27-26(15-28(29)44-2)31(40-21-39-27)24-7-5-22(6-8-24)30(32(38)43)23-9-11-25(12-10-23)34(35,36)37/h5-12,15-16,21,30H,3-4,13-14,17-20H2,1-2H3,(H2,38,43). The number of ether oxygens (including phenoxy) is 2. The van der Waals surface area contributed by atoms with Crippen molar-refractivity contribution in [3.8, 4) is 22.8 Å². The van der Waals surface area contributed by atoms with E-state index in [1.54, 1.807) is 31.4 Å². The Labute approximate surface area is 260 Å². The first-order valence-corrected chi connectivity index (χ1v) is 15.1. The molecule has 0 bridgehead atoms. The molecule has 2 N–H and O–H groups in total. The zero-order chi connectivity index (χ0) is 31.8. The first-order chi connectivity index (χ1) is 21.6. The predicted molar refractivity (Wildman–Crippen MR) is 165 cm³/mol. The largest absolute Gasteiger partial charge is 0.493 e. The van der Waals surface area contributed by atoms with Gasteiger partial charge in [0.25, 0.3) is 0 Å². The smallest absolute Gasteiger partial charge is 0.416 e. The van der Waals surface area contributed by atoms with Crippen LogP contribution in [0.25, 0.3) is 22.2 Å². The highest BCUT2D eigenvalue weighted by Crippen LogP contribution is 2.40. The number of carbonyl (C=O) groups is 1. The Balaban J connectivity index is 1.14. The Morgan fingerprint density at radius 2 is 1.60 bits per heavy atom. The van der Waals surface area contributed by atoms with Crippen molar-refractivity contribution < 1.29 is 27.4 Å². The van der Waals surface area contributed by atoms with Crippen LogP contribution in [0.15, 0.2) is 67.0 Å². The number of hydrogen-bond acceptors (Lipinski definition) is 7. The molecule has 45 heavy (non-hydrogen) atoms. The van der Waals surface area contributed by atoms with E-state index in [0.717, 1.165) is 42.6 Å². The van der Waals surface area contributed by atoms with Gasteiger partial charge >= 0.3 is 6.18 Å². The number of amides is 1. The third kappa shape index (κ3) is 6.32. The van der Waals surface area contributed by atoms with Crippen LogP contribution >= 0.6 is 0 Å². The van der Waals surface area contributed by atoms with Crippen molar-refractivity contribution in [3.63, 3.8) is 0 Å². The van der Waals surface area contributed by atoms with Crippen LogP contribution in [0.5, 0.6) is 11.5 Å². The highest BCUT2D eigenvalue weighted by atomic mass is 19.4. The van der Waals surface area contributed by atoms with Crippen LogP contribution in [-0.2, 0) is 11.0 Å². The molecule has 0 radical (unpaired) electrons. The van der Waals surface area contributed by atoms with Gasteiger partial charge in [0.2, 0.25) is 5.91 Å². The van der Waals surface area contributed by atoms with Crippen molar-refractivity contribution in [3.05, 3.63) is 83.7 Å². The average molecular weight is 620 g/mol. The third-order valence-electron chi connectivity index (χ3n) is 8.85. The molecule has 1 spiro atoms. The number of halogens is 3. The van der Waals surface area contributed by atoms with E-state index in [0.29, 0.717) is 45.9 Å². The van der Waals surface area contributed by atoms with E-state index < -0.39 is 23.6 Å². The number of nitrogens with zero attached hydrogens (tertiary/aromatic N) is 4. The highest BCUT2D eigenvalue weighted by Gasteiger charge is 2.50. The number of rotatable bonds is 11. The van der Waals surface area contributed by atoms with Gasteiger partial charge in [0, 0.05) is 55.2 Å². The van der Waals surface area contributed by atoms with E-state index in [-0.39, 0.29) is 0 Å². The molecular formula is C34H36F3N5O3. The van der Waals surface area contributed by atoms with Gasteiger partial charge < -0.3 is 25.0 Å². The molecule has 3 heterocycles. The minimum Gasteiger partial charge on any atom is -0.493 e. The second kappa shape index (κ2) is 12.3. The van der Waals surface area contributed by atoms with Gasteiger partial charge in [-0.2, -0.15) is 13.2 Å². The summed E-state index contributed by atoms with van der Waals surface area (Å²) in [6.07, 6.45) is -2.08. The normalized spacial score (nSPS) is 17.1. The number of fused-ring (bicyclic) bond motifs is 1. The number of likely N-dealkylation sites (tertiary alicyclic amines) is 2. The summed E-state index contributed by atoms with van der Waals surface area (Å²) in [5.41, 5.74) is 8.45.